The fourth-order valence-electron chi connectivity index (χ4n) is 3.96. The predicted octanol–water partition coefficient (Wildman–Crippen LogP) is 2.86. The first kappa shape index (κ1) is 21.7. The minimum atomic E-state index is -3.10. The second kappa shape index (κ2) is 8.55. The number of amidine groups is 1. The van der Waals surface area contributed by atoms with Crippen molar-refractivity contribution in [1.29, 1.82) is 0 Å². The number of fused-ring (bicyclic) bond motifs is 1. The third kappa shape index (κ3) is 4.57. The highest BCUT2D eigenvalue weighted by atomic mass is 32.2. The molecule has 2 saturated heterocycles. The number of aliphatic imine (C=N–C) groups is 1. The molecule has 2 atom stereocenters. The third-order valence-electron chi connectivity index (χ3n) is 5.37. The molecule has 2 aliphatic rings. The molecule has 2 aromatic carbocycles. The molecule has 164 valence electrons. The minimum absolute atomic E-state index is 0.0709. The minimum Gasteiger partial charge on any atom is -0.493 e. The molecule has 0 bridgehead atoms. The normalized spacial score (nSPS) is 23.1. The van der Waals surface area contributed by atoms with E-state index >= 15 is 0 Å². The van der Waals surface area contributed by atoms with E-state index in [1.165, 1.54) is 11.8 Å². The van der Waals surface area contributed by atoms with Gasteiger partial charge in [0, 0.05) is 10.9 Å². The van der Waals surface area contributed by atoms with Gasteiger partial charge in [-0.15, -0.1) is 0 Å². The average Bonchev–Trinajstić information content (AvgIpc) is 3.18. The van der Waals surface area contributed by atoms with Crippen LogP contribution in [0.25, 0.3) is 0 Å². The molecule has 0 aromatic heterocycles. The van der Waals surface area contributed by atoms with E-state index in [0.29, 0.717) is 16.7 Å². The van der Waals surface area contributed by atoms with Crippen LogP contribution in [0.2, 0.25) is 0 Å². The van der Waals surface area contributed by atoms with E-state index in [4.69, 9.17) is 9.47 Å². The van der Waals surface area contributed by atoms with E-state index in [1.54, 1.807) is 32.4 Å². The number of sulfone groups is 1. The first-order valence-corrected chi connectivity index (χ1v) is 12.5. The van der Waals surface area contributed by atoms with Crippen molar-refractivity contribution >= 4 is 38.4 Å². The van der Waals surface area contributed by atoms with Crippen LogP contribution in [0.5, 0.6) is 11.5 Å². The van der Waals surface area contributed by atoms with Crippen LogP contribution in [0, 0.1) is 6.92 Å². The molecule has 0 aliphatic carbocycles. The maximum absolute atomic E-state index is 12.8. The topological polar surface area (TPSA) is 85.3 Å². The van der Waals surface area contributed by atoms with E-state index in [1.807, 2.05) is 36.1 Å². The number of aryl methyl sites for hydroxylation is 1. The molecule has 0 radical (unpaired) electrons. The lowest BCUT2D eigenvalue weighted by atomic mass is 10.1. The second-order valence-corrected chi connectivity index (χ2v) is 11.0. The molecule has 2 heterocycles. The Kier molecular flexibility index (Phi) is 5.98. The number of rotatable bonds is 5. The molecule has 2 unspecified atom stereocenters. The number of anilines is 1. The van der Waals surface area contributed by atoms with Gasteiger partial charge in [0.15, 0.2) is 26.5 Å². The number of methoxy groups -OCH3 is 2. The Morgan fingerprint density at radius 3 is 2.61 bits per heavy atom. The zero-order chi connectivity index (χ0) is 22.2. The van der Waals surface area contributed by atoms with Crippen molar-refractivity contribution < 1.29 is 22.7 Å². The van der Waals surface area contributed by atoms with Crippen molar-refractivity contribution in [3.8, 4) is 11.5 Å². The molecule has 2 fully saturated rings. The summed E-state index contributed by atoms with van der Waals surface area (Å²) in [5.74, 6) is 1.03. The van der Waals surface area contributed by atoms with E-state index in [0.717, 1.165) is 16.8 Å². The zero-order valence-corrected chi connectivity index (χ0v) is 19.2. The number of ether oxygens (including phenoxy) is 2. The van der Waals surface area contributed by atoms with E-state index in [2.05, 4.69) is 4.99 Å². The summed E-state index contributed by atoms with van der Waals surface area (Å²) in [6, 6.07) is 12.9. The SMILES string of the molecule is COc1ccc(CC(=O)N=C2SC3CS(=O)(=O)CC3N2c2cccc(C)c2)cc1OC. The first-order valence-electron chi connectivity index (χ1n) is 9.85. The van der Waals surface area contributed by atoms with Gasteiger partial charge in [0.2, 0.25) is 0 Å². The standard InChI is InChI=1S/C22H24N2O5S2/c1-14-5-4-6-16(9-14)24-17-12-31(26,27)13-20(17)30-22(24)23-21(25)11-15-7-8-18(28-2)19(10-15)29-3/h4-10,17,20H,11-13H2,1-3H3. The molecular formula is C22H24N2O5S2. The highest BCUT2D eigenvalue weighted by molar-refractivity contribution is 8.16. The van der Waals surface area contributed by atoms with Gasteiger partial charge in [-0.2, -0.15) is 4.99 Å². The van der Waals surface area contributed by atoms with Gasteiger partial charge in [-0.25, -0.2) is 8.42 Å². The van der Waals surface area contributed by atoms with Crippen LogP contribution in [0.1, 0.15) is 11.1 Å². The summed E-state index contributed by atoms with van der Waals surface area (Å²) < 4.78 is 34.9. The molecular weight excluding hydrogens is 436 g/mol. The smallest absolute Gasteiger partial charge is 0.252 e. The summed E-state index contributed by atoms with van der Waals surface area (Å²) in [6.45, 7) is 1.98. The van der Waals surface area contributed by atoms with Crippen LogP contribution in [0.4, 0.5) is 5.69 Å². The second-order valence-electron chi connectivity index (χ2n) is 7.66. The summed E-state index contributed by atoms with van der Waals surface area (Å²) >= 11 is 1.38. The summed E-state index contributed by atoms with van der Waals surface area (Å²) in [5, 5.41) is 0.430. The number of hydrogen-bond donors (Lipinski definition) is 0. The molecule has 1 amide bonds. The molecule has 31 heavy (non-hydrogen) atoms. The van der Waals surface area contributed by atoms with Crippen LogP contribution in [-0.4, -0.2) is 56.5 Å². The maximum atomic E-state index is 12.8. The number of nitrogens with zero attached hydrogens (tertiary/aromatic N) is 2. The molecule has 9 heteroatoms. The predicted molar refractivity (Wildman–Crippen MR) is 123 cm³/mol. The van der Waals surface area contributed by atoms with Crippen LogP contribution in [0.15, 0.2) is 47.5 Å². The summed E-state index contributed by atoms with van der Waals surface area (Å²) in [5.41, 5.74) is 2.68. The lowest BCUT2D eigenvalue weighted by molar-refractivity contribution is -0.117. The van der Waals surface area contributed by atoms with E-state index < -0.39 is 9.84 Å². The van der Waals surface area contributed by atoms with E-state index in [-0.39, 0.29) is 35.1 Å². The van der Waals surface area contributed by atoms with Crippen LogP contribution in [-0.2, 0) is 21.1 Å². The number of carbonyl (C=O) groups excluding carboxylic acids is 1. The Hall–Kier alpha value is -2.52. The van der Waals surface area contributed by atoms with Gasteiger partial charge in [-0.1, -0.05) is 30.0 Å². The first-order chi connectivity index (χ1) is 14.8. The number of benzene rings is 2. The largest absolute Gasteiger partial charge is 0.493 e. The van der Waals surface area contributed by atoms with Gasteiger partial charge in [-0.05, 0) is 42.3 Å². The monoisotopic (exact) mass is 460 g/mol. The lowest BCUT2D eigenvalue weighted by Gasteiger charge is -2.24. The molecule has 0 saturated carbocycles. The highest BCUT2D eigenvalue weighted by Gasteiger charge is 2.49. The number of amides is 1. The molecule has 4 rings (SSSR count). The van der Waals surface area contributed by atoms with E-state index in [9.17, 15) is 13.2 Å². The van der Waals surface area contributed by atoms with Crippen molar-refractivity contribution in [2.24, 2.45) is 4.99 Å². The van der Waals surface area contributed by atoms with Gasteiger partial charge in [0.1, 0.15) is 0 Å². The van der Waals surface area contributed by atoms with Gasteiger partial charge in [-0.3, -0.25) is 4.79 Å². The Morgan fingerprint density at radius 2 is 1.90 bits per heavy atom. The lowest BCUT2D eigenvalue weighted by Crippen LogP contribution is -2.37. The van der Waals surface area contributed by atoms with Gasteiger partial charge in [0.05, 0.1) is 38.2 Å². The fraction of sp³-hybridized carbons (Fsp3) is 0.364. The Bertz CT molecular complexity index is 1150. The Labute approximate surface area is 186 Å². The fourth-order valence-corrected chi connectivity index (χ4v) is 7.89. The molecule has 0 N–H and O–H groups in total. The molecule has 2 aromatic rings. The van der Waals surface area contributed by atoms with Crippen molar-refractivity contribution in [2.45, 2.75) is 24.6 Å². The zero-order valence-electron chi connectivity index (χ0n) is 17.6. The van der Waals surface area contributed by atoms with Crippen LogP contribution in [0.3, 0.4) is 0 Å². The van der Waals surface area contributed by atoms with Crippen molar-refractivity contribution in [3.05, 3.63) is 53.6 Å². The summed E-state index contributed by atoms with van der Waals surface area (Å²) in [6.07, 6.45) is 0.111. The van der Waals surface area contributed by atoms with Crippen molar-refractivity contribution in [2.75, 3.05) is 30.6 Å². The van der Waals surface area contributed by atoms with Gasteiger partial charge >= 0.3 is 0 Å². The Morgan fingerprint density at radius 1 is 1.13 bits per heavy atom. The average molecular weight is 461 g/mol. The number of hydrogen-bond acceptors (Lipinski definition) is 6. The molecule has 7 nitrogen and oxygen atoms in total. The van der Waals surface area contributed by atoms with Gasteiger partial charge in [0.25, 0.3) is 5.91 Å². The summed E-state index contributed by atoms with van der Waals surface area (Å²) in [4.78, 5) is 19.1. The van der Waals surface area contributed by atoms with Crippen molar-refractivity contribution in [3.63, 3.8) is 0 Å². The molecule has 0 spiro atoms. The summed E-state index contributed by atoms with van der Waals surface area (Å²) in [7, 11) is 0.00596. The van der Waals surface area contributed by atoms with Crippen LogP contribution < -0.4 is 14.4 Å². The quantitative estimate of drug-likeness (QED) is 0.678. The number of thioether (sulfide) groups is 1. The Balaban J connectivity index is 1.61. The third-order valence-corrected chi connectivity index (χ3v) is 8.58. The van der Waals surface area contributed by atoms with Crippen molar-refractivity contribution in [1.82, 2.24) is 0 Å². The van der Waals surface area contributed by atoms with Gasteiger partial charge < -0.3 is 14.4 Å². The highest BCUT2D eigenvalue weighted by Crippen LogP contribution is 2.41. The number of carbonyl (C=O) groups is 1. The molecule has 2 aliphatic heterocycles. The van der Waals surface area contributed by atoms with Crippen LogP contribution >= 0.6 is 11.8 Å². The maximum Gasteiger partial charge on any atom is 0.252 e.